The van der Waals surface area contributed by atoms with Crippen LogP contribution in [0.25, 0.3) is 21.5 Å². The van der Waals surface area contributed by atoms with E-state index in [2.05, 4.69) is 31.1 Å². The topological polar surface area (TPSA) is 137 Å². The minimum absolute atomic E-state index is 0.0809. The number of benzene rings is 4. The van der Waals surface area contributed by atoms with Gasteiger partial charge in [0.25, 0.3) is 0 Å². The molecule has 63 heavy (non-hydrogen) atoms. The van der Waals surface area contributed by atoms with Crippen LogP contribution in [0.1, 0.15) is 21.5 Å². The van der Waals surface area contributed by atoms with Gasteiger partial charge in [-0.2, -0.15) is 0 Å². The Labute approximate surface area is 373 Å². The van der Waals surface area contributed by atoms with E-state index in [1.807, 2.05) is 48.5 Å². The quantitative estimate of drug-likeness (QED) is 0.0164. The molecule has 0 atom stereocenters. The van der Waals surface area contributed by atoms with Gasteiger partial charge >= 0.3 is 5.97 Å². The van der Waals surface area contributed by atoms with Gasteiger partial charge in [0.2, 0.25) is 5.75 Å². The first-order valence-corrected chi connectivity index (χ1v) is 24.9. The van der Waals surface area contributed by atoms with Crippen LogP contribution in [0.3, 0.4) is 0 Å². The number of hydrogen-bond acceptors (Lipinski definition) is 14. The van der Waals surface area contributed by atoms with Crippen molar-refractivity contribution in [3.63, 3.8) is 0 Å². The van der Waals surface area contributed by atoms with Gasteiger partial charge in [0.05, 0.1) is 105 Å². The van der Waals surface area contributed by atoms with Crippen molar-refractivity contribution in [2.24, 2.45) is 0 Å². The van der Waals surface area contributed by atoms with E-state index in [4.69, 9.17) is 61.6 Å². The number of ether oxygens (including phenoxy) is 13. The van der Waals surface area contributed by atoms with E-state index in [9.17, 15) is 4.79 Å². The van der Waals surface area contributed by atoms with Gasteiger partial charge in [-0.3, -0.25) is 0 Å². The smallest absolute Gasteiger partial charge is 0.339 e. The summed E-state index contributed by atoms with van der Waals surface area (Å²) in [4.78, 5) is 14.3. The maximum Gasteiger partial charge on any atom is 0.339 e. The molecule has 4 rings (SSSR count). The number of rotatable bonds is 33. The summed E-state index contributed by atoms with van der Waals surface area (Å²) >= 11 is 0. The Morgan fingerprint density at radius 2 is 0.857 bits per heavy atom. The summed E-state index contributed by atoms with van der Waals surface area (Å²) in [5, 5.41) is 3.35. The zero-order valence-corrected chi connectivity index (χ0v) is 38.9. The number of hydrogen-bond donors (Lipinski definition) is 0. The van der Waals surface area contributed by atoms with Gasteiger partial charge in [-0.25, -0.2) is 4.79 Å². The predicted molar refractivity (Wildman–Crippen MR) is 244 cm³/mol. The second-order valence-electron chi connectivity index (χ2n) is 15.0. The lowest BCUT2D eigenvalue weighted by atomic mass is 9.92. The van der Waals surface area contributed by atoms with Gasteiger partial charge in [0.1, 0.15) is 34.5 Å². The van der Waals surface area contributed by atoms with Crippen molar-refractivity contribution in [3.05, 3.63) is 77.4 Å². The van der Waals surface area contributed by atoms with Gasteiger partial charge < -0.3 is 61.6 Å². The second kappa shape index (κ2) is 29.9. The number of esters is 1. The summed E-state index contributed by atoms with van der Waals surface area (Å²) in [5.74, 6) is 4.15. The third-order valence-electron chi connectivity index (χ3n) is 9.00. The fourth-order valence-corrected chi connectivity index (χ4v) is 6.54. The molecule has 0 saturated heterocycles. The van der Waals surface area contributed by atoms with Crippen LogP contribution in [0.2, 0.25) is 19.6 Å². The van der Waals surface area contributed by atoms with Gasteiger partial charge in [-0.1, -0.05) is 74.1 Å². The molecule has 0 spiro atoms. The van der Waals surface area contributed by atoms with Crippen LogP contribution in [0, 0.1) is 11.5 Å². The van der Waals surface area contributed by atoms with Crippen molar-refractivity contribution in [1.82, 2.24) is 0 Å². The molecular weight excluding hydrogens is 829 g/mol. The lowest BCUT2D eigenvalue weighted by Crippen LogP contribution is -2.16. The zero-order valence-electron chi connectivity index (χ0n) is 37.9. The molecule has 0 radical (unpaired) electrons. The van der Waals surface area contributed by atoms with Crippen molar-refractivity contribution in [2.75, 3.05) is 140 Å². The molecule has 0 bridgehead atoms. The molecule has 0 heterocycles. The minimum atomic E-state index is -1.70. The summed E-state index contributed by atoms with van der Waals surface area (Å²) in [6.07, 6.45) is 0. The highest BCUT2D eigenvalue weighted by Gasteiger charge is 2.22. The van der Waals surface area contributed by atoms with Gasteiger partial charge in [-0.15, -0.1) is 5.54 Å². The highest BCUT2D eigenvalue weighted by Crippen LogP contribution is 2.40. The molecule has 15 heteroatoms. The Hall–Kier alpha value is -4.31. The van der Waals surface area contributed by atoms with Crippen LogP contribution in [0.5, 0.6) is 17.2 Å². The number of fused-ring (bicyclic) bond motifs is 2. The fourth-order valence-electron chi connectivity index (χ4n) is 6.04. The molecule has 4 aromatic rings. The third kappa shape index (κ3) is 18.7. The Morgan fingerprint density at radius 3 is 1.25 bits per heavy atom. The summed E-state index contributed by atoms with van der Waals surface area (Å²) < 4.78 is 73.8. The molecule has 0 amide bonds. The monoisotopic (exact) mass is 894 g/mol. The van der Waals surface area contributed by atoms with E-state index in [1.165, 1.54) is 0 Å². The lowest BCUT2D eigenvalue weighted by molar-refractivity contribution is 0.0146. The van der Waals surface area contributed by atoms with Crippen molar-refractivity contribution in [3.8, 4) is 28.7 Å². The molecule has 0 aromatic heterocycles. The van der Waals surface area contributed by atoms with Crippen molar-refractivity contribution in [1.29, 1.82) is 0 Å². The Bertz CT molecular complexity index is 1890. The van der Waals surface area contributed by atoms with Crippen LogP contribution in [0.4, 0.5) is 0 Å². The molecule has 4 aromatic carbocycles. The van der Waals surface area contributed by atoms with Crippen molar-refractivity contribution in [2.45, 2.75) is 26.2 Å². The molecule has 0 saturated carbocycles. The Balaban J connectivity index is 1.58. The summed E-state index contributed by atoms with van der Waals surface area (Å²) in [6.45, 7) is 13.5. The molecule has 0 N–H and O–H groups in total. The number of methoxy groups -OCH3 is 3. The van der Waals surface area contributed by atoms with E-state index >= 15 is 0 Å². The normalized spacial score (nSPS) is 11.5. The van der Waals surface area contributed by atoms with E-state index in [1.54, 1.807) is 33.5 Å². The summed E-state index contributed by atoms with van der Waals surface area (Å²) in [7, 11) is 3.18. The van der Waals surface area contributed by atoms with Gasteiger partial charge in [-0.05, 0) is 39.2 Å². The maximum atomic E-state index is 14.3. The number of carbonyl (C=O) groups excluding carboxylic acids is 1. The average molecular weight is 895 g/mol. The Morgan fingerprint density at radius 1 is 0.492 bits per heavy atom. The highest BCUT2D eigenvalue weighted by molar-refractivity contribution is 6.83. The first-order valence-electron chi connectivity index (χ1n) is 21.4. The molecule has 14 nitrogen and oxygen atoms in total. The number of carbonyl (C=O) groups is 1. The maximum absolute atomic E-state index is 14.3. The van der Waals surface area contributed by atoms with Crippen LogP contribution >= 0.6 is 0 Å². The van der Waals surface area contributed by atoms with E-state index in [-0.39, 0.29) is 46.2 Å². The molecular formula is C48H66O14Si. The standard InChI is InChI=1S/C48H66O14Si/c1-50-16-19-53-22-25-56-28-31-59-44-35-38(36-45(60-32-29-57-26-23-54-20-17-51-2)47(44)61-33-30-58-27-24-55-21-18-52-3)37-62-48(49)46-42-13-9-7-11-39(42)41(15-34-63(4,5)6)40-12-8-10-14-43(40)46/h7-14,35-36H,16-33,37H2,1-6H3. The van der Waals surface area contributed by atoms with E-state index in [0.717, 1.165) is 27.1 Å². The first-order chi connectivity index (χ1) is 30.8. The molecule has 0 fully saturated rings. The van der Waals surface area contributed by atoms with Crippen molar-refractivity contribution >= 4 is 35.6 Å². The average Bonchev–Trinajstić information content (AvgIpc) is 3.28. The van der Waals surface area contributed by atoms with E-state index in [0.29, 0.717) is 108 Å². The predicted octanol–water partition coefficient (Wildman–Crippen LogP) is 6.75. The van der Waals surface area contributed by atoms with E-state index < -0.39 is 14.0 Å². The molecule has 0 aliphatic heterocycles. The largest absolute Gasteiger partial charge is 0.487 e. The second-order valence-corrected chi connectivity index (χ2v) is 19.8. The van der Waals surface area contributed by atoms with Crippen LogP contribution in [-0.2, 0) is 54.0 Å². The molecule has 0 aliphatic carbocycles. The first kappa shape index (κ1) is 51.3. The highest BCUT2D eigenvalue weighted by atomic mass is 28.3. The SMILES string of the molecule is COCCOCCOCCOc1cc(COC(=O)c2c3ccccc3c(C#C[Si](C)(C)C)c3ccccc23)cc(OCCOCCOCCOC)c1OCCOCCOCCOC. The zero-order chi connectivity index (χ0) is 45.0. The molecule has 0 unspecified atom stereocenters. The summed E-state index contributed by atoms with van der Waals surface area (Å²) in [6, 6.07) is 19.3. The minimum Gasteiger partial charge on any atom is -0.487 e. The van der Waals surface area contributed by atoms with Crippen LogP contribution in [-0.4, -0.2) is 154 Å². The summed E-state index contributed by atoms with van der Waals surface area (Å²) in [5.41, 5.74) is 5.52. The molecule has 0 aliphatic rings. The third-order valence-corrected chi connectivity index (χ3v) is 9.88. The van der Waals surface area contributed by atoms with Gasteiger partial charge in [0.15, 0.2) is 11.5 Å². The van der Waals surface area contributed by atoms with Gasteiger partial charge in [0, 0.05) is 26.9 Å². The van der Waals surface area contributed by atoms with Crippen LogP contribution < -0.4 is 14.2 Å². The van der Waals surface area contributed by atoms with Crippen molar-refractivity contribution < 1.29 is 66.4 Å². The molecule has 346 valence electrons. The fraction of sp³-hybridized carbons (Fsp3) is 0.521. The van der Waals surface area contributed by atoms with Crippen LogP contribution in [0.15, 0.2) is 60.7 Å². The Kier molecular flexibility index (Phi) is 24.4. The lowest BCUT2D eigenvalue weighted by Gasteiger charge is -2.19.